The van der Waals surface area contributed by atoms with Crippen molar-refractivity contribution in [1.82, 2.24) is 4.90 Å². The van der Waals surface area contributed by atoms with Crippen molar-refractivity contribution >= 4 is 5.91 Å². The highest BCUT2D eigenvalue weighted by atomic mass is 16.5. The molecule has 2 atom stereocenters. The Morgan fingerprint density at radius 3 is 2.27 bits per heavy atom. The molecule has 2 unspecified atom stereocenters. The third-order valence-electron chi connectivity index (χ3n) is 3.08. The first-order valence-corrected chi connectivity index (χ1v) is 5.87. The number of carbonyl (C=O) groups is 1. The van der Waals surface area contributed by atoms with E-state index in [9.17, 15) is 4.79 Å². The fraction of sp³-hybridized carbons (Fsp3) is 0.917. The summed E-state index contributed by atoms with van der Waals surface area (Å²) < 4.78 is 5.71. The molecule has 1 amide bonds. The summed E-state index contributed by atoms with van der Waals surface area (Å²) in [6.45, 7) is 7.96. The Morgan fingerprint density at radius 2 is 1.80 bits per heavy atom. The van der Waals surface area contributed by atoms with Crippen LogP contribution in [-0.4, -0.2) is 36.1 Å². The lowest BCUT2D eigenvalue weighted by molar-refractivity contribution is -0.141. The molecule has 2 fully saturated rings. The first-order chi connectivity index (χ1) is 6.94. The minimum Gasteiger partial charge on any atom is -0.371 e. The van der Waals surface area contributed by atoms with Gasteiger partial charge in [-0.1, -0.05) is 20.8 Å². The van der Waals surface area contributed by atoms with Gasteiger partial charge in [0.2, 0.25) is 5.91 Å². The van der Waals surface area contributed by atoms with Gasteiger partial charge in [0, 0.05) is 19.5 Å². The molecule has 0 aliphatic carbocycles. The van der Waals surface area contributed by atoms with E-state index in [0.29, 0.717) is 24.5 Å². The highest BCUT2D eigenvalue weighted by molar-refractivity contribution is 5.77. The maximum absolute atomic E-state index is 12.0. The van der Waals surface area contributed by atoms with Crippen LogP contribution >= 0.6 is 0 Å². The molecule has 2 bridgehead atoms. The fourth-order valence-electron chi connectivity index (χ4n) is 2.38. The maximum Gasteiger partial charge on any atom is 0.223 e. The molecule has 0 radical (unpaired) electrons. The Morgan fingerprint density at radius 1 is 1.27 bits per heavy atom. The summed E-state index contributed by atoms with van der Waals surface area (Å²) in [6.07, 6.45) is 3.53. The summed E-state index contributed by atoms with van der Waals surface area (Å²) in [6, 6.07) is 0. The molecule has 15 heavy (non-hydrogen) atoms. The minimum atomic E-state index is 0.0917. The van der Waals surface area contributed by atoms with Crippen molar-refractivity contribution < 1.29 is 9.53 Å². The molecule has 0 aromatic rings. The Hall–Kier alpha value is -0.570. The van der Waals surface area contributed by atoms with Crippen molar-refractivity contribution in [2.45, 2.75) is 52.2 Å². The van der Waals surface area contributed by atoms with Crippen LogP contribution in [0.3, 0.4) is 0 Å². The van der Waals surface area contributed by atoms with Gasteiger partial charge in [-0.25, -0.2) is 0 Å². The molecule has 0 spiro atoms. The number of carbonyl (C=O) groups excluding carboxylic acids is 1. The van der Waals surface area contributed by atoms with Gasteiger partial charge in [-0.2, -0.15) is 0 Å². The van der Waals surface area contributed by atoms with Crippen LogP contribution in [0.1, 0.15) is 40.0 Å². The van der Waals surface area contributed by atoms with Gasteiger partial charge in [0.1, 0.15) is 0 Å². The molecular formula is C12H21NO2. The van der Waals surface area contributed by atoms with Crippen molar-refractivity contribution in [2.24, 2.45) is 5.41 Å². The normalized spacial score (nSPS) is 30.7. The van der Waals surface area contributed by atoms with Crippen LogP contribution in [0.4, 0.5) is 0 Å². The van der Waals surface area contributed by atoms with Crippen LogP contribution in [-0.2, 0) is 9.53 Å². The number of fused-ring (bicyclic) bond motifs is 2. The van der Waals surface area contributed by atoms with E-state index in [1.807, 2.05) is 4.90 Å². The molecule has 2 heterocycles. The first kappa shape index (κ1) is 10.9. The zero-order chi connectivity index (χ0) is 11.1. The second kappa shape index (κ2) is 3.78. The molecular weight excluding hydrogens is 190 g/mol. The van der Waals surface area contributed by atoms with E-state index in [-0.39, 0.29) is 5.41 Å². The number of amides is 1. The second-order valence-corrected chi connectivity index (χ2v) is 5.99. The predicted octanol–water partition coefficient (Wildman–Crippen LogP) is 1.81. The van der Waals surface area contributed by atoms with Crippen LogP contribution in [0, 0.1) is 5.41 Å². The van der Waals surface area contributed by atoms with Gasteiger partial charge in [0.05, 0.1) is 12.2 Å². The van der Waals surface area contributed by atoms with E-state index < -0.39 is 0 Å². The van der Waals surface area contributed by atoms with Crippen LogP contribution in [0.2, 0.25) is 0 Å². The minimum absolute atomic E-state index is 0.0917. The summed E-state index contributed by atoms with van der Waals surface area (Å²) >= 11 is 0. The van der Waals surface area contributed by atoms with Crippen molar-refractivity contribution in [2.75, 3.05) is 13.1 Å². The highest BCUT2D eigenvalue weighted by Crippen LogP contribution is 2.28. The number of hydrogen-bond donors (Lipinski definition) is 0. The monoisotopic (exact) mass is 211 g/mol. The summed E-state index contributed by atoms with van der Waals surface area (Å²) in [4.78, 5) is 14.0. The van der Waals surface area contributed by atoms with E-state index in [4.69, 9.17) is 4.74 Å². The molecule has 0 aromatic carbocycles. The zero-order valence-electron chi connectivity index (χ0n) is 9.95. The van der Waals surface area contributed by atoms with E-state index in [1.165, 1.54) is 0 Å². The number of hydrogen-bond acceptors (Lipinski definition) is 2. The van der Waals surface area contributed by atoms with Crippen LogP contribution < -0.4 is 0 Å². The maximum atomic E-state index is 12.0. The van der Waals surface area contributed by atoms with Crippen molar-refractivity contribution in [1.29, 1.82) is 0 Å². The fourth-order valence-corrected chi connectivity index (χ4v) is 2.38. The van der Waals surface area contributed by atoms with Gasteiger partial charge >= 0.3 is 0 Å². The molecule has 2 rings (SSSR count). The van der Waals surface area contributed by atoms with Crippen molar-refractivity contribution in [3.05, 3.63) is 0 Å². The topological polar surface area (TPSA) is 29.5 Å². The highest BCUT2D eigenvalue weighted by Gasteiger charge is 2.36. The predicted molar refractivity (Wildman–Crippen MR) is 58.5 cm³/mol. The molecule has 3 nitrogen and oxygen atoms in total. The van der Waals surface area contributed by atoms with E-state index in [1.54, 1.807) is 0 Å². The Labute approximate surface area is 91.8 Å². The third-order valence-corrected chi connectivity index (χ3v) is 3.08. The molecule has 3 heteroatoms. The first-order valence-electron chi connectivity index (χ1n) is 5.87. The van der Waals surface area contributed by atoms with Gasteiger partial charge in [0.25, 0.3) is 0 Å². The quantitative estimate of drug-likeness (QED) is 0.662. The zero-order valence-corrected chi connectivity index (χ0v) is 9.95. The average Bonchev–Trinajstić information content (AvgIpc) is 2.42. The number of likely N-dealkylation sites (tertiary alicyclic amines) is 1. The molecule has 86 valence electrons. The summed E-state index contributed by atoms with van der Waals surface area (Å²) in [5.41, 5.74) is 0.0917. The van der Waals surface area contributed by atoms with Crippen LogP contribution in [0.25, 0.3) is 0 Å². The van der Waals surface area contributed by atoms with Crippen LogP contribution in [0.5, 0.6) is 0 Å². The summed E-state index contributed by atoms with van der Waals surface area (Å²) in [7, 11) is 0. The summed E-state index contributed by atoms with van der Waals surface area (Å²) in [5, 5.41) is 0. The van der Waals surface area contributed by atoms with Gasteiger partial charge in [-0.3, -0.25) is 4.79 Å². The smallest absolute Gasteiger partial charge is 0.223 e. The standard InChI is InChI=1S/C12H21NO2/c1-12(2,3)6-11(14)13-7-9-4-5-10(8-13)15-9/h9-10H,4-8H2,1-3H3. The number of morpholine rings is 1. The van der Waals surface area contributed by atoms with Crippen molar-refractivity contribution in [3.8, 4) is 0 Å². The summed E-state index contributed by atoms with van der Waals surface area (Å²) in [5.74, 6) is 0.294. The van der Waals surface area contributed by atoms with E-state index in [0.717, 1.165) is 25.9 Å². The molecule has 0 aromatic heterocycles. The number of rotatable bonds is 1. The Balaban J connectivity index is 1.91. The molecule has 0 saturated carbocycles. The second-order valence-electron chi connectivity index (χ2n) is 5.99. The van der Waals surface area contributed by atoms with E-state index >= 15 is 0 Å². The largest absolute Gasteiger partial charge is 0.371 e. The number of nitrogens with zero attached hydrogens (tertiary/aromatic N) is 1. The lowest BCUT2D eigenvalue weighted by Gasteiger charge is -2.33. The van der Waals surface area contributed by atoms with Crippen molar-refractivity contribution in [3.63, 3.8) is 0 Å². The van der Waals surface area contributed by atoms with Gasteiger partial charge in [0.15, 0.2) is 0 Å². The average molecular weight is 211 g/mol. The van der Waals surface area contributed by atoms with Gasteiger partial charge < -0.3 is 9.64 Å². The van der Waals surface area contributed by atoms with E-state index in [2.05, 4.69) is 20.8 Å². The SMILES string of the molecule is CC(C)(C)CC(=O)N1CC2CCC(C1)O2. The molecule has 0 N–H and O–H groups in total. The number of ether oxygens (including phenoxy) is 1. The Kier molecular flexibility index (Phi) is 2.75. The molecule has 2 aliphatic rings. The lowest BCUT2D eigenvalue weighted by Crippen LogP contribution is -2.46. The third kappa shape index (κ3) is 2.71. The van der Waals surface area contributed by atoms with Gasteiger partial charge in [-0.15, -0.1) is 0 Å². The molecule has 2 aliphatic heterocycles. The Bertz CT molecular complexity index is 245. The van der Waals surface area contributed by atoms with Gasteiger partial charge in [-0.05, 0) is 18.3 Å². The van der Waals surface area contributed by atoms with Crippen LogP contribution in [0.15, 0.2) is 0 Å². The lowest BCUT2D eigenvalue weighted by atomic mass is 9.91. The molecule has 2 saturated heterocycles.